The summed E-state index contributed by atoms with van der Waals surface area (Å²) in [5, 5.41) is 19.1. The molecule has 4 atom stereocenters. The van der Waals surface area contributed by atoms with E-state index in [0.717, 1.165) is 10.6 Å². The average molecular weight is 288 g/mol. The Hall–Kier alpha value is -1.52. The molecule has 2 heterocycles. The summed E-state index contributed by atoms with van der Waals surface area (Å²) in [6.45, 7) is -0.541. The molecule has 0 amide bonds. The molecule has 1 aromatic heterocycles. The van der Waals surface area contributed by atoms with Crippen molar-refractivity contribution in [2.75, 3.05) is 20.5 Å². The molecule has 112 valence electrons. The van der Waals surface area contributed by atoms with E-state index in [1.807, 2.05) is 0 Å². The summed E-state index contributed by atoms with van der Waals surface area (Å²) in [7, 11) is 1.41. The number of ether oxygens (including phenoxy) is 3. The highest BCUT2D eigenvalue weighted by atomic mass is 16.7. The number of rotatable bonds is 5. The van der Waals surface area contributed by atoms with Crippen LogP contribution in [-0.4, -0.2) is 58.6 Å². The van der Waals surface area contributed by atoms with E-state index >= 15 is 0 Å². The third-order valence-electron chi connectivity index (χ3n) is 3.00. The Labute approximate surface area is 113 Å². The predicted molar refractivity (Wildman–Crippen MR) is 65.1 cm³/mol. The molecule has 0 aromatic carbocycles. The van der Waals surface area contributed by atoms with Crippen molar-refractivity contribution in [3.05, 3.63) is 33.1 Å². The van der Waals surface area contributed by atoms with Gasteiger partial charge in [-0.1, -0.05) is 0 Å². The van der Waals surface area contributed by atoms with Crippen LogP contribution < -0.4 is 11.2 Å². The van der Waals surface area contributed by atoms with Crippen molar-refractivity contribution in [2.24, 2.45) is 0 Å². The lowest BCUT2D eigenvalue weighted by Crippen LogP contribution is -2.39. The second kappa shape index (κ2) is 6.29. The molecule has 1 saturated heterocycles. The number of methoxy groups -OCH3 is 1. The molecule has 0 spiro atoms. The fourth-order valence-electron chi connectivity index (χ4n) is 2.05. The zero-order valence-corrected chi connectivity index (χ0v) is 10.8. The minimum absolute atomic E-state index is 0.113. The van der Waals surface area contributed by atoms with Crippen LogP contribution in [0.3, 0.4) is 0 Å². The van der Waals surface area contributed by atoms with Crippen LogP contribution >= 0.6 is 0 Å². The predicted octanol–water partition coefficient (Wildman–Crippen LogP) is -2.22. The van der Waals surface area contributed by atoms with E-state index in [0.29, 0.717) is 0 Å². The molecule has 0 unspecified atom stereocenters. The highest BCUT2D eigenvalue weighted by Gasteiger charge is 2.45. The van der Waals surface area contributed by atoms with Gasteiger partial charge in [-0.3, -0.25) is 14.3 Å². The highest BCUT2D eigenvalue weighted by molar-refractivity contribution is 4.93. The van der Waals surface area contributed by atoms with E-state index in [1.54, 1.807) is 0 Å². The number of aliphatic hydroxyl groups excluding tert-OH is 2. The molecule has 1 aromatic rings. The first-order valence-corrected chi connectivity index (χ1v) is 5.95. The first-order valence-electron chi connectivity index (χ1n) is 5.95. The Balaban J connectivity index is 2.31. The van der Waals surface area contributed by atoms with Crippen molar-refractivity contribution < 1.29 is 24.4 Å². The van der Waals surface area contributed by atoms with Crippen LogP contribution in [0.25, 0.3) is 0 Å². The van der Waals surface area contributed by atoms with Gasteiger partial charge < -0.3 is 24.4 Å². The summed E-state index contributed by atoms with van der Waals surface area (Å²) in [4.78, 5) is 24.9. The van der Waals surface area contributed by atoms with E-state index in [1.165, 1.54) is 13.3 Å². The van der Waals surface area contributed by atoms with E-state index in [-0.39, 0.29) is 6.79 Å². The average Bonchev–Trinajstić information content (AvgIpc) is 2.73. The van der Waals surface area contributed by atoms with Crippen LogP contribution in [0, 0.1) is 0 Å². The molecule has 3 N–H and O–H groups in total. The zero-order chi connectivity index (χ0) is 14.7. The largest absolute Gasteiger partial charge is 0.394 e. The number of nitrogens with zero attached hydrogens (tertiary/aromatic N) is 1. The maximum atomic E-state index is 11.7. The third-order valence-corrected chi connectivity index (χ3v) is 3.00. The number of hydrogen-bond donors (Lipinski definition) is 3. The van der Waals surface area contributed by atoms with Gasteiger partial charge in [-0.05, 0) is 0 Å². The molecule has 20 heavy (non-hydrogen) atoms. The number of aromatic amines is 1. The Morgan fingerprint density at radius 2 is 2.25 bits per heavy atom. The lowest BCUT2D eigenvalue weighted by Gasteiger charge is -2.21. The molecule has 1 aliphatic rings. The van der Waals surface area contributed by atoms with Gasteiger partial charge in [0.15, 0.2) is 6.23 Å². The van der Waals surface area contributed by atoms with E-state index in [4.69, 9.17) is 19.3 Å². The molecular formula is C11H16N2O7. The number of aliphatic hydroxyl groups is 2. The van der Waals surface area contributed by atoms with Crippen molar-refractivity contribution in [3.8, 4) is 0 Å². The molecule has 0 bridgehead atoms. The second-order valence-corrected chi connectivity index (χ2v) is 4.29. The SMILES string of the molecule is COCO[C@@H]1[C@H](O)[C@@H](CO)O[C@H]1n1ccc(=O)[nH]c1=O. The smallest absolute Gasteiger partial charge is 0.330 e. The van der Waals surface area contributed by atoms with E-state index < -0.39 is 42.4 Å². The fourth-order valence-corrected chi connectivity index (χ4v) is 2.05. The van der Waals surface area contributed by atoms with Gasteiger partial charge >= 0.3 is 5.69 Å². The quantitative estimate of drug-likeness (QED) is 0.524. The minimum Gasteiger partial charge on any atom is -0.394 e. The molecule has 1 fully saturated rings. The first kappa shape index (κ1) is 14.9. The number of H-pyrrole nitrogens is 1. The third kappa shape index (κ3) is 2.81. The summed E-state index contributed by atoms with van der Waals surface area (Å²) >= 11 is 0. The summed E-state index contributed by atoms with van der Waals surface area (Å²) in [6, 6.07) is 1.15. The van der Waals surface area contributed by atoms with Crippen LogP contribution in [-0.2, 0) is 14.2 Å². The van der Waals surface area contributed by atoms with Gasteiger partial charge in [0.1, 0.15) is 25.1 Å². The highest BCUT2D eigenvalue weighted by Crippen LogP contribution is 2.30. The molecule has 2 rings (SSSR count). The lowest BCUT2D eigenvalue weighted by atomic mass is 10.1. The minimum atomic E-state index is -1.13. The Kier molecular flexibility index (Phi) is 4.68. The van der Waals surface area contributed by atoms with Gasteiger partial charge in [0.05, 0.1) is 6.61 Å². The zero-order valence-electron chi connectivity index (χ0n) is 10.8. The molecular weight excluding hydrogens is 272 g/mol. The summed E-state index contributed by atoms with van der Waals surface area (Å²) in [6.07, 6.45) is -2.65. The topological polar surface area (TPSA) is 123 Å². The van der Waals surface area contributed by atoms with Crippen LogP contribution in [0.15, 0.2) is 21.9 Å². The van der Waals surface area contributed by atoms with Gasteiger partial charge in [0, 0.05) is 19.4 Å². The monoisotopic (exact) mass is 288 g/mol. The summed E-state index contributed by atoms with van der Waals surface area (Å²) in [5.41, 5.74) is -1.24. The van der Waals surface area contributed by atoms with Gasteiger partial charge in [-0.15, -0.1) is 0 Å². The van der Waals surface area contributed by atoms with Crippen molar-refractivity contribution >= 4 is 0 Å². The number of hydrogen-bond acceptors (Lipinski definition) is 7. The van der Waals surface area contributed by atoms with Crippen LogP contribution in [0.5, 0.6) is 0 Å². The van der Waals surface area contributed by atoms with Gasteiger partial charge in [0.25, 0.3) is 5.56 Å². The lowest BCUT2D eigenvalue weighted by molar-refractivity contribution is -0.129. The summed E-state index contributed by atoms with van der Waals surface area (Å²) < 4.78 is 16.5. The van der Waals surface area contributed by atoms with Gasteiger partial charge in [-0.2, -0.15) is 0 Å². The standard InChI is InChI=1S/C11H16N2O7/c1-18-5-19-9-8(16)6(4-14)20-10(9)13-3-2-7(15)12-11(13)17/h2-3,6,8-10,14,16H,4-5H2,1H3,(H,12,15,17)/t6-,8-,9-,10-/m1/s1. The molecule has 9 heteroatoms. The number of aromatic nitrogens is 2. The Bertz CT molecular complexity index is 554. The molecule has 1 aliphatic heterocycles. The van der Waals surface area contributed by atoms with Crippen LogP contribution in [0.1, 0.15) is 6.23 Å². The number of nitrogens with one attached hydrogen (secondary N) is 1. The van der Waals surface area contributed by atoms with Crippen molar-refractivity contribution in [1.82, 2.24) is 9.55 Å². The molecule has 0 radical (unpaired) electrons. The van der Waals surface area contributed by atoms with Gasteiger partial charge in [0.2, 0.25) is 0 Å². The summed E-state index contributed by atoms with van der Waals surface area (Å²) in [5.74, 6) is 0. The first-order chi connectivity index (χ1) is 9.58. The van der Waals surface area contributed by atoms with E-state index in [9.17, 15) is 14.7 Å². The molecule has 0 saturated carbocycles. The van der Waals surface area contributed by atoms with Crippen molar-refractivity contribution in [1.29, 1.82) is 0 Å². The fraction of sp³-hybridized carbons (Fsp3) is 0.636. The molecule has 9 nitrogen and oxygen atoms in total. The van der Waals surface area contributed by atoms with Crippen molar-refractivity contribution in [3.63, 3.8) is 0 Å². The maximum Gasteiger partial charge on any atom is 0.330 e. The van der Waals surface area contributed by atoms with Crippen molar-refractivity contribution in [2.45, 2.75) is 24.5 Å². The normalized spacial score (nSPS) is 29.8. The van der Waals surface area contributed by atoms with Crippen LogP contribution in [0.4, 0.5) is 0 Å². The van der Waals surface area contributed by atoms with Gasteiger partial charge in [-0.25, -0.2) is 4.79 Å². The van der Waals surface area contributed by atoms with E-state index in [2.05, 4.69) is 4.98 Å². The van der Waals surface area contributed by atoms with Crippen LogP contribution in [0.2, 0.25) is 0 Å². The Morgan fingerprint density at radius 1 is 1.50 bits per heavy atom. The molecule has 0 aliphatic carbocycles. The second-order valence-electron chi connectivity index (χ2n) is 4.29. The maximum absolute atomic E-state index is 11.7. The Morgan fingerprint density at radius 3 is 2.85 bits per heavy atom.